The van der Waals surface area contributed by atoms with Gasteiger partial charge in [0.1, 0.15) is 12.0 Å². The molecule has 69 heavy (non-hydrogen) atoms. The SMILES string of the molecule is CNC(=O)COc1cc2cc(NC3NC(N4CCC(CN5CCCC6(C5)CN(CC5CC(Oc7ccc(C(C)(C)O)cc7C7=CN(C)C(=O)C8NCCC78)C5)C6)CC4)NCC3Cl)ccc2n(C)c1=O. The fraction of sp³-hybridized carbons (Fsp3) is 0.635. The van der Waals surface area contributed by atoms with Crippen molar-refractivity contribution in [1.29, 1.82) is 0 Å². The molecular formula is C52H73ClN10O6. The molecule has 1 spiro atoms. The maximum atomic E-state index is 13.0. The van der Waals surface area contributed by atoms with E-state index in [1.54, 1.807) is 22.6 Å². The number of likely N-dealkylation sites (tertiary alicyclic amines) is 3. The summed E-state index contributed by atoms with van der Waals surface area (Å²) in [6, 6.07) is 13.4. The monoisotopic (exact) mass is 969 g/mol. The Morgan fingerprint density at radius 1 is 0.942 bits per heavy atom. The number of ether oxygens (including phenoxy) is 2. The molecule has 10 rings (SSSR count). The summed E-state index contributed by atoms with van der Waals surface area (Å²) in [6.07, 6.45) is 9.96. The first-order valence-electron chi connectivity index (χ1n) is 25.4. The van der Waals surface area contributed by atoms with Crippen molar-refractivity contribution >= 4 is 45.6 Å². The van der Waals surface area contributed by atoms with E-state index in [1.165, 1.54) is 65.5 Å². The van der Waals surface area contributed by atoms with Gasteiger partial charge in [0, 0.05) is 108 Å². The van der Waals surface area contributed by atoms with Gasteiger partial charge in [0.2, 0.25) is 5.91 Å². The molecule has 374 valence electrons. The highest BCUT2D eigenvalue weighted by atomic mass is 35.5. The normalized spacial score (nSPS) is 29.0. The second-order valence-corrected chi connectivity index (χ2v) is 22.5. The first kappa shape index (κ1) is 48.4. The van der Waals surface area contributed by atoms with E-state index in [2.05, 4.69) is 47.4 Å². The van der Waals surface area contributed by atoms with Gasteiger partial charge in [-0.1, -0.05) is 6.07 Å². The van der Waals surface area contributed by atoms with Crippen LogP contribution >= 0.6 is 11.6 Å². The summed E-state index contributed by atoms with van der Waals surface area (Å²) < 4.78 is 13.9. The van der Waals surface area contributed by atoms with Crippen LogP contribution in [0, 0.1) is 23.2 Å². The number of pyridine rings is 1. The van der Waals surface area contributed by atoms with Crippen LogP contribution in [0.1, 0.15) is 69.9 Å². The van der Waals surface area contributed by atoms with Crippen LogP contribution in [-0.4, -0.2) is 157 Å². The van der Waals surface area contributed by atoms with E-state index in [1.807, 2.05) is 57.4 Å². The number of piperidine rings is 2. The maximum absolute atomic E-state index is 13.0. The van der Waals surface area contributed by atoms with Crippen molar-refractivity contribution in [3.05, 3.63) is 70.1 Å². The van der Waals surface area contributed by atoms with Gasteiger partial charge in [-0.25, -0.2) is 0 Å². The van der Waals surface area contributed by atoms with Gasteiger partial charge >= 0.3 is 0 Å². The molecule has 6 N–H and O–H groups in total. The lowest BCUT2D eigenvalue weighted by atomic mass is 9.71. The zero-order valence-electron chi connectivity index (χ0n) is 41.1. The number of alkyl halides is 1. The van der Waals surface area contributed by atoms with E-state index in [-0.39, 0.29) is 65.6 Å². The van der Waals surface area contributed by atoms with Gasteiger partial charge in [0.15, 0.2) is 12.4 Å². The van der Waals surface area contributed by atoms with E-state index >= 15 is 0 Å². The minimum Gasteiger partial charge on any atom is -0.490 e. The number of carbonyl (C=O) groups excluding carboxylic acids is 2. The summed E-state index contributed by atoms with van der Waals surface area (Å²) in [6.45, 7) is 14.1. The van der Waals surface area contributed by atoms with E-state index in [9.17, 15) is 19.5 Å². The number of hydrogen-bond acceptors (Lipinski definition) is 13. The third kappa shape index (κ3) is 10.3. The third-order valence-electron chi connectivity index (χ3n) is 16.3. The van der Waals surface area contributed by atoms with Crippen molar-refractivity contribution in [2.75, 3.05) is 91.5 Å². The molecule has 7 heterocycles. The molecule has 1 aromatic heterocycles. The number of rotatable bonds is 14. The van der Waals surface area contributed by atoms with Crippen molar-refractivity contribution < 1.29 is 24.2 Å². The molecule has 7 aliphatic rings. The molecule has 16 nitrogen and oxygen atoms in total. The minimum atomic E-state index is -0.985. The largest absolute Gasteiger partial charge is 0.490 e. The molecule has 1 saturated carbocycles. The number of likely N-dealkylation sites (N-methyl/N-ethyl adjacent to an activating group) is 2. The maximum Gasteiger partial charge on any atom is 0.293 e. The van der Waals surface area contributed by atoms with Crippen LogP contribution in [0.25, 0.3) is 16.5 Å². The number of aliphatic hydroxyl groups is 1. The van der Waals surface area contributed by atoms with Crippen LogP contribution in [-0.2, 0) is 22.2 Å². The fourth-order valence-electron chi connectivity index (χ4n) is 12.5. The molecule has 2 aromatic carbocycles. The predicted octanol–water partition coefficient (Wildman–Crippen LogP) is 3.47. The highest BCUT2D eigenvalue weighted by Gasteiger charge is 2.48. The highest BCUT2D eigenvalue weighted by Crippen LogP contribution is 2.45. The summed E-state index contributed by atoms with van der Waals surface area (Å²) in [5.41, 5.74) is 3.75. The molecule has 0 radical (unpaired) electrons. The van der Waals surface area contributed by atoms with E-state index in [0.29, 0.717) is 23.8 Å². The molecule has 0 bridgehead atoms. The van der Waals surface area contributed by atoms with Crippen molar-refractivity contribution in [2.24, 2.45) is 30.2 Å². The Kier molecular flexibility index (Phi) is 13.8. The van der Waals surface area contributed by atoms with Crippen LogP contribution in [0.5, 0.6) is 11.5 Å². The van der Waals surface area contributed by atoms with Gasteiger partial charge < -0.3 is 49.8 Å². The molecule has 6 aliphatic heterocycles. The predicted molar refractivity (Wildman–Crippen MR) is 269 cm³/mol. The lowest BCUT2D eigenvalue weighted by Crippen LogP contribution is -2.68. The Morgan fingerprint density at radius 3 is 2.48 bits per heavy atom. The molecule has 5 atom stereocenters. The Hall–Kier alpha value is -4.26. The van der Waals surface area contributed by atoms with Crippen molar-refractivity contribution in [1.82, 2.24) is 45.4 Å². The second kappa shape index (κ2) is 19.7. The summed E-state index contributed by atoms with van der Waals surface area (Å²) in [4.78, 5) is 47.3. The molecule has 6 fully saturated rings. The average Bonchev–Trinajstić information content (AvgIpc) is 3.81. The molecule has 5 saturated heterocycles. The smallest absolute Gasteiger partial charge is 0.293 e. The average molecular weight is 970 g/mol. The number of nitrogens with zero attached hydrogens (tertiary/aromatic N) is 5. The number of amides is 2. The number of aromatic nitrogens is 1. The number of aryl methyl sites for hydroxylation is 1. The standard InChI is InChI=1S/C52H73ClN10O6/c1-51(2,67)35-7-10-43(39(23-35)40-27-59(4)49(66)46-38(40)11-15-55-46)69-37-19-33(20-37)26-62-30-52(31-62)14-6-16-61(29-52)25-32-12-17-63(18-13-32)50-56-24-41(53)47(58-50)57-36-8-9-42-34(21-36)22-44(48(65)60(42)5)68-28-45(64)54-3/h7-10,21-23,27,32-33,37-38,41,46-47,50,55-58,67H,6,11-20,24-26,28-31H2,1-5H3,(H,54,64). The van der Waals surface area contributed by atoms with E-state index in [0.717, 1.165) is 84.5 Å². The van der Waals surface area contributed by atoms with Crippen LogP contribution in [0.4, 0.5) is 5.69 Å². The second-order valence-electron chi connectivity index (χ2n) is 21.9. The minimum absolute atomic E-state index is 0.0109. The summed E-state index contributed by atoms with van der Waals surface area (Å²) in [7, 11) is 5.07. The van der Waals surface area contributed by atoms with Crippen molar-refractivity contribution in [3.63, 3.8) is 0 Å². The van der Waals surface area contributed by atoms with Crippen molar-refractivity contribution in [2.45, 2.75) is 94.4 Å². The Bertz CT molecular complexity index is 2480. The van der Waals surface area contributed by atoms with Gasteiger partial charge in [-0.3, -0.25) is 29.9 Å². The Balaban J connectivity index is 0.671. The zero-order chi connectivity index (χ0) is 48.2. The summed E-state index contributed by atoms with van der Waals surface area (Å²) in [5.74, 6) is 2.22. The van der Waals surface area contributed by atoms with Crippen LogP contribution in [0.2, 0.25) is 0 Å². The lowest BCUT2D eigenvalue weighted by Gasteiger charge is -2.56. The number of halogens is 1. The Labute approximate surface area is 411 Å². The molecular weight excluding hydrogens is 896 g/mol. The van der Waals surface area contributed by atoms with Gasteiger partial charge in [-0.15, -0.1) is 11.6 Å². The molecule has 17 heteroatoms. The van der Waals surface area contributed by atoms with Crippen molar-refractivity contribution in [3.8, 4) is 11.5 Å². The zero-order valence-corrected chi connectivity index (χ0v) is 41.8. The summed E-state index contributed by atoms with van der Waals surface area (Å²) in [5, 5.41) is 28.5. The third-order valence-corrected chi connectivity index (χ3v) is 16.7. The molecule has 2 amide bonds. The Morgan fingerprint density at radius 2 is 1.71 bits per heavy atom. The van der Waals surface area contributed by atoms with Crippen LogP contribution in [0.3, 0.4) is 0 Å². The first-order valence-corrected chi connectivity index (χ1v) is 25.9. The number of carbonyl (C=O) groups is 2. The van der Waals surface area contributed by atoms with Gasteiger partial charge in [0.05, 0.1) is 34.8 Å². The molecule has 3 aromatic rings. The van der Waals surface area contributed by atoms with E-state index < -0.39 is 5.60 Å². The highest BCUT2D eigenvalue weighted by molar-refractivity contribution is 6.21. The van der Waals surface area contributed by atoms with Crippen LogP contribution in [0.15, 0.2) is 53.5 Å². The quantitative estimate of drug-likeness (QED) is 0.130. The van der Waals surface area contributed by atoms with Gasteiger partial charge in [-0.05, 0) is 131 Å². The summed E-state index contributed by atoms with van der Waals surface area (Å²) >= 11 is 6.88. The fourth-order valence-corrected chi connectivity index (χ4v) is 12.7. The topological polar surface area (TPSA) is 168 Å². The van der Waals surface area contributed by atoms with Crippen LogP contribution < -0.4 is 41.6 Å². The number of anilines is 1. The van der Waals surface area contributed by atoms with Gasteiger partial charge in [-0.2, -0.15) is 0 Å². The number of fused-ring (bicyclic) bond motifs is 2. The lowest BCUT2D eigenvalue weighted by molar-refractivity contribution is -0.130. The number of hydrogen-bond donors (Lipinski definition) is 6. The molecule has 5 unspecified atom stereocenters. The van der Waals surface area contributed by atoms with Gasteiger partial charge in [0.25, 0.3) is 11.5 Å². The number of nitrogens with one attached hydrogen (secondary N) is 5. The number of benzene rings is 2. The first-order chi connectivity index (χ1) is 33.1. The van der Waals surface area contributed by atoms with E-state index in [4.69, 9.17) is 21.1 Å². The molecule has 1 aliphatic carbocycles.